The Labute approximate surface area is 323 Å². The fourth-order valence-corrected chi connectivity index (χ4v) is 13.8. The van der Waals surface area contributed by atoms with Crippen molar-refractivity contribution in [1.29, 1.82) is 0 Å². The smallest absolute Gasteiger partial charge is 0.184 e. The standard InChI is InChI=1S/C52H38N2Si/c1-5-19-43(20-6-1)53(45-33-31-40(32-34-45)42-30-29-39-17-13-14-18-41(39)37-42)46-35-36-50-52(38-46)55(47-23-9-3-10-24-47,48-25-11-4-12-26-48)51-28-16-15-27-49(51)54(50)44-21-7-2-8-22-44/h1-38H. The van der Waals surface area contributed by atoms with E-state index in [4.69, 9.17) is 0 Å². The van der Waals surface area contributed by atoms with Crippen LogP contribution >= 0.6 is 0 Å². The van der Waals surface area contributed by atoms with Crippen LogP contribution in [0.15, 0.2) is 231 Å². The first-order valence-corrected chi connectivity index (χ1v) is 20.9. The largest absolute Gasteiger partial charge is 0.311 e. The van der Waals surface area contributed by atoms with Gasteiger partial charge in [0.05, 0.1) is 0 Å². The molecule has 1 aliphatic rings. The van der Waals surface area contributed by atoms with Crippen LogP contribution in [0.2, 0.25) is 0 Å². The molecule has 0 amide bonds. The van der Waals surface area contributed by atoms with Crippen molar-refractivity contribution in [2.75, 3.05) is 9.80 Å². The highest BCUT2D eigenvalue weighted by Crippen LogP contribution is 2.42. The molecule has 0 saturated heterocycles. The van der Waals surface area contributed by atoms with E-state index >= 15 is 0 Å². The fourth-order valence-electron chi connectivity index (χ4n) is 8.64. The second-order valence-corrected chi connectivity index (χ2v) is 17.9. The maximum atomic E-state index is 2.50. The molecule has 0 unspecified atom stereocenters. The third-order valence-electron chi connectivity index (χ3n) is 11.1. The maximum absolute atomic E-state index is 2.87. The minimum atomic E-state index is -2.87. The van der Waals surface area contributed by atoms with Gasteiger partial charge in [-0.1, -0.05) is 164 Å². The zero-order valence-electron chi connectivity index (χ0n) is 30.3. The summed E-state index contributed by atoms with van der Waals surface area (Å²) in [6, 6.07) is 84.7. The van der Waals surface area contributed by atoms with Crippen molar-refractivity contribution >= 4 is 73.7 Å². The van der Waals surface area contributed by atoms with Crippen LogP contribution in [-0.2, 0) is 0 Å². The Balaban J connectivity index is 1.21. The van der Waals surface area contributed by atoms with Gasteiger partial charge < -0.3 is 9.80 Å². The zero-order valence-corrected chi connectivity index (χ0v) is 31.3. The van der Waals surface area contributed by atoms with E-state index in [0.29, 0.717) is 0 Å². The summed E-state index contributed by atoms with van der Waals surface area (Å²) in [6.07, 6.45) is 0. The average molecular weight is 719 g/mol. The van der Waals surface area contributed by atoms with E-state index in [0.717, 1.165) is 22.7 Å². The molecule has 55 heavy (non-hydrogen) atoms. The number of para-hydroxylation sites is 3. The Morgan fingerprint density at radius 3 is 1.53 bits per heavy atom. The van der Waals surface area contributed by atoms with E-state index in [1.165, 1.54) is 54.0 Å². The van der Waals surface area contributed by atoms with Crippen LogP contribution in [0.25, 0.3) is 21.9 Å². The summed E-state index contributed by atoms with van der Waals surface area (Å²) in [5.74, 6) is 0. The second kappa shape index (κ2) is 13.8. The SMILES string of the molecule is c1ccc(N(c2ccc(-c3ccc4ccccc4c3)cc2)c2ccc3c(c2)[Si](c2ccccc2)(c2ccccc2)c2ccccc2N3c2ccccc2)cc1. The Morgan fingerprint density at radius 2 is 0.836 bits per heavy atom. The molecule has 0 aromatic heterocycles. The molecular weight excluding hydrogens is 681 g/mol. The van der Waals surface area contributed by atoms with Gasteiger partial charge in [-0.15, -0.1) is 0 Å². The summed E-state index contributed by atoms with van der Waals surface area (Å²) in [5.41, 5.74) is 9.36. The van der Waals surface area contributed by atoms with Crippen LogP contribution in [0.5, 0.6) is 0 Å². The lowest BCUT2D eigenvalue weighted by Gasteiger charge is -2.45. The molecule has 9 aromatic carbocycles. The Kier molecular flexibility index (Phi) is 8.20. The Bertz CT molecular complexity index is 2710. The van der Waals surface area contributed by atoms with Gasteiger partial charge in [-0.2, -0.15) is 0 Å². The van der Waals surface area contributed by atoms with E-state index in [9.17, 15) is 0 Å². The summed E-state index contributed by atoms with van der Waals surface area (Å²) in [4.78, 5) is 4.88. The van der Waals surface area contributed by atoms with Gasteiger partial charge in [0.15, 0.2) is 8.07 Å². The summed E-state index contributed by atoms with van der Waals surface area (Å²) in [5, 5.41) is 7.98. The maximum Gasteiger partial charge on any atom is 0.184 e. The molecule has 0 bridgehead atoms. The van der Waals surface area contributed by atoms with Crippen molar-refractivity contribution in [3.63, 3.8) is 0 Å². The first-order valence-electron chi connectivity index (χ1n) is 18.9. The van der Waals surface area contributed by atoms with Crippen LogP contribution in [0.1, 0.15) is 0 Å². The highest BCUT2D eigenvalue weighted by atomic mass is 28.3. The number of hydrogen-bond donors (Lipinski definition) is 0. The summed E-state index contributed by atoms with van der Waals surface area (Å²) >= 11 is 0. The van der Waals surface area contributed by atoms with Crippen LogP contribution in [0.4, 0.5) is 34.1 Å². The summed E-state index contributed by atoms with van der Waals surface area (Å²) < 4.78 is 0. The second-order valence-electron chi connectivity index (χ2n) is 14.2. The lowest BCUT2D eigenvalue weighted by atomic mass is 10.0. The highest BCUT2D eigenvalue weighted by Gasteiger charge is 2.49. The molecule has 0 spiro atoms. The third-order valence-corrected chi connectivity index (χ3v) is 15.9. The summed E-state index contributed by atoms with van der Waals surface area (Å²) in [6.45, 7) is 0. The molecular formula is C52H38N2Si. The van der Waals surface area contributed by atoms with Crippen molar-refractivity contribution in [3.05, 3.63) is 231 Å². The van der Waals surface area contributed by atoms with E-state index < -0.39 is 8.07 Å². The predicted molar refractivity (Wildman–Crippen MR) is 236 cm³/mol. The number of benzene rings is 9. The lowest BCUT2D eigenvalue weighted by molar-refractivity contribution is 1.26. The van der Waals surface area contributed by atoms with E-state index in [-0.39, 0.29) is 0 Å². The average Bonchev–Trinajstić information content (AvgIpc) is 3.27. The quantitative estimate of drug-likeness (QED) is 0.151. The number of rotatable bonds is 7. The number of nitrogens with zero attached hydrogens (tertiary/aromatic N) is 2. The van der Waals surface area contributed by atoms with Gasteiger partial charge in [-0.3, -0.25) is 0 Å². The van der Waals surface area contributed by atoms with Gasteiger partial charge in [0.1, 0.15) is 0 Å². The van der Waals surface area contributed by atoms with Gasteiger partial charge in [0.2, 0.25) is 0 Å². The van der Waals surface area contributed by atoms with Crippen molar-refractivity contribution < 1.29 is 0 Å². The molecule has 1 aliphatic heterocycles. The zero-order chi connectivity index (χ0) is 36.6. The van der Waals surface area contributed by atoms with Gasteiger partial charge in [0.25, 0.3) is 0 Å². The predicted octanol–water partition coefficient (Wildman–Crippen LogP) is 11.1. The number of anilines is 6. The van der Waals surface area contributed by atoms with Crippen molar-refractivity contribution in [2.45, 2.75) is 0 Å². The van der Waals surface area contributed by atoms with E-state index in [1.54, 1.807) is 0 Å². The van der Waals surface area contributed by atoms with Crippen molar-refractivity contribution in [3.8, 4) is 11.1 Å². The molecule has 260 valence electrons. The molecule has 0 atom stereocenters. The molecule has 0 fully saturated rings. The fraction of sp³-hybridized carbons (Fsp3) is 0. The van der Waals surface area contributed by atoms with Crippen LogP contribution in [0, 0.1) is 0 Å². The molecule has 0 N–H and O–H groups in total. The normalized spacial score (nSPS) is 12.8. The van der Waals surface area contributed by atoms with Gasteiger partial charge in [-0.05, 0) is 109 Å². The molecule has 10 rings (SSSR count). The Morgan fingerprint density at radius 1 is 0.327 bits per heavy atom. The molecule has 2 nitrogen and oxygen atoms in total. The van der Waals surface area contributed by atoms with E-state index in [1.807, 2.05) is 0 Å². The molecule has 0 saturated carbocycles. The Hall–Kier alpha value is -6.94. The topological polar surface area (TPSA) is 6.48 Å². The van der Waals surface area contributed by atoms with Gasteiger partial charge in [0, 0.05) is 34.1 Å². The number of hydrogen-bond acceptors (Lipinski definition) is 2. The van der Waals surface area contributed by atoms with Crippen LogP contribution in [0.3, 0.4) is 0 Å². The van der Waals surface area contributed by atoms with E-state index in [2.05, 4.69) is 240 Å². The minimum absolute atomic E-state index is 1.11. The van der Waals surface area contributed by atoms with Crippen molar-refractivity contribution in [1.82, 2.24) is 0 Å². The number of fused-ring (bicyclic) bond motifs is 3. The molecule has 0 radical (unpaired) electrons. The molecule has 1 heterocycles. The lowest BCUT2D eigenvalue weighted by Crippen LogP contribution is -2.77. The molecule has 3 heteroatoms. The van der Waals surface area contributed by atoms with Gasteiger partial charge in [-0.25, -0.2) is 0 Å². The molecule has 0 aliphatic carbocycles. The third kappa shape index (κ3) is 5.56. The van der Waals surface area contributed by atoms with Crippen LogP contribution in [-0.4, -0.2) is 8.07 Å². The van der Waals surface area contributed by atoms with Crippen molar-refractivity contribution in [2.24, 2.45) is 0 Å². The summed E-state index contributed by atoms with van der Waals surface area (Å²) in [7, 11) is -2.87. The molecule has 9 aromatic rings. The van der Waals surface area contributed by atoms with Crippen LogP contribution < -0.4 is 30.5 Å². The monoisotopic (exact) mass is 718 g/mol. The highest BCUT2D eigenvalue weighted by molar-refractivity contribution is 7.21. The minimum Gasteiger partial charge on any atom is -0.311 e. The van der Waals surface area contributed by atoms with Gasteiger partial charge >= 0.3 is 0 Å². The first-order chi connectivity index (χ1) is 27.3. The first kappa shape index (κ1) is 32.7.